The lowest BCUT2D eigenvalue weighted by atomic mass is 10.1. The summed E-state index contributed by atoms with van der Waals surface area (Å²) < 4.78 is 5.72. The van der Waals surface area contributed by atoms with Crippen molar-refractivity contribution >= 4 is 5.82 Å². The van der Waals surface area contributed by atoms with Crippen molar-refractivity contribution in [1.29, 1.82) is 0 Å². The Morgan fingerprint density at radius 3 is 2.89 bits per heavy atom. The van der Waals surface area contributed by atoms with Gasteiger partial charge in [-0.3, -0.25) is 0 Å². The fraction of sp³-hybridized carbons (Fsp3) is 0.357. The molecule has 0 saturated heterocycles. The molecule has 3 atom stereocenters. The van der Waals surface area contributed by atoms with Crippen molar-refractivity contribution < 1.29 is 9.52 Å². The summed E-state index contributed by atoms with van der Waals surface area (Å²) in [6.45, 7) is 2.20. The van der Waals surface area contributed by atoms with Crippen LogP contribution >= 0.6 is 0 Å². The van der Waals surface area contributed by atoms with E-state index in [1.54, 1.807) is 18.3 Å². The van der Waals surface area contributed by atoms with Gasteiger partial charge in [0.25, 0.3) is 0 Å². The predicted octanol–water partition coefficient (Wildman–Crippen LogP) is 2.46. The van der Waals surface area contributed by atoms with Crippen LogP contribution in [0.25, 0.3) is 0 Å². The van der Waals surface area contributed by atoms with Crippen molar-refractivity contribution in [2.24, 2.45) is 5.92 Å². The standard InChI is InChI=1S/C14H16N2O2/c1-8-7-10(8)11-4-5-12(18-11)13(17)9-3-2-6-16-14(9)15/h2-6,8,10,13,17H,7H2,1H3,(H2,15,16). The van der Waals surface area contributed by atoms with E-state index in [-0.39, 0.29) is 0 Å². The van der Waals surface area contributed by atoms with Gasteiger partial charge in [-0.2, -0.15) is 0 Å². The van der Waals surface area contributed by atoms with E-state index in [0.717, 1.165) is 12.2 Å². The Kier molecular flexibility index (Phi) is 2.59. The molecular formula is C14H16N2O2. The van der Waals surface area contributed by atoms with E-state index < -0.39 is 6.10 Å². The minimum atomic E-state index is -0.846. The monoisotopic (exact) mass is 244 g/mol. The van der Waals surface area contributed by atoms with Gasteiger partial charge in [0, 0.05) is 17.7 Å². The maximum absolute atomic E-state index is 10.2. The van der Waals surface area contributed by atoms with E-state index in [2.05, 4.69) is 11.9 Å². The van der Waals surface area contributed by atoms with Crippen LogP contribution in [0, 0.1) is 5.92 Å². The number of rotatable bonds is 3. The van der Waals surface area contributed by atoms with Crippen LogP contribution in [0.5, 0.6) is 0 Å². The largest absolute Gasteiger partial charge is 0.463 e. The Labute approximate surface area is 105 Å². The van der Waals surface area contributed by atoms with E-state index in [4.69, 9.17) is 10.2 Å². The van der Waals surface area contributed by atoms with Gasteiger partial charge in [-0.15, -0.1) is 0 Å². The third-order valence-corrected chi connectivity index (χ3v) is 3.56. The molecule has 0 aliphatic heterocycles. The Hall–Kier alpha value is -1.81. The van der Waals surface area contributed by atoms with Crippen LogP contribution in [0.4, 0.5) is 5.82 Å². The van der Waals surface area contributed by atoms with Crippen molar-refractivity contribution in [1.82, 2.24) is 4.98 Å². The molecule has 94 valence electrons. The summed E-state index contributed by atoms with van der Waals surface area (Å²) in [6, 6.07) is 7.27. The summed E-state index contributed by atoms with van der Waals surface area (Å²) in [4.78, 5) is 3.97. The lowest BCUT2D eigenvalue weighted by Crippen LogP contribution is -2.04. The normalized spacial score (nSPS) is 23.9. The highest BCUT2D eigenvalue weighted by atomic mass is 16.4. The maximum Gasteiger partial charge on any atom is 0.140 e. The summed E-state index contributed by atoms with van der Waals surface area (Å²) in [7, 11) is 0. The van der Waals surface area contributed by atoms with E-state index in [9.17, 15) is 5.11 Å². The van der Waals surface area contributed by atoms with Crippen LogP contribution in [-0.2, 0) is 0 Å². The molecule has 0 bridgehead atoms. The second kappa shape index (κ2) is 4.14. The fourth-order valence-electron chi connectivity index (χ4n) is 2.25. The van der Waals surface area contributed by atoms with E-state index in [0.29, 0.717) is 29.0 Å². The first-order valence-corrected chi connectivity index (χ1v) is 6.15. The van der Waals surface area contributed by atoms with Crippen LogP contribution in [-0.4, -0.2) is 10.1 Å². The first-order valence-electron chi connectivity index (χ1n) is 6.15. The lowest BCUT2D eigenvalue weighted by molar-refractivity contribution is 0.187. The summed E-state index contributed by atoms with van der Waals surface area (Å²) >= 11 is 0. The topological polar surface area (TPSA) is 72.3 Å². The van der Waals surface area contributed by atoms with Crippen molar-refractivity contribution in [3.63, 3.8) is 0 Å². The molecule has 3 unspecified atom stereocenters. The molecule has 2 aromatic heterocycles. The molecule has 1 aliphatic rings. The molecule has 3 rings (SSSR count). The third kappa shape index (κ3) is 1.88. The quantitative estimate of drug-likeness (QED) is 0.870. The summed E-state index contributed by atoms with van der Waals surface area (Å²) in [5, 5.41) is 10.2. The van der Waals surface area contributed by atoms with Crippen molar-refractivity contribution in [2.45, 2.75) is 25.4 Å². The zero-order valence-electron chi connectivity index (χ0n) is 10.2. The molecule has 18 heavy (non-hydrogen) atoms. The molecule has 2 aromatic rings. The molecule has 1 fully saturated rings. The average molecular weight is 244 g/mol. The highest BCUT2D eigenvalue weighted by molar-refractivity contribution is 5.42. The Bertz CT molecular complexity index is 564. The fourth-order valence-corrected chi connectivity index (χ4v) is 2.25. The minimum Gasteiger partial charge on any atom is -0.463 e. The number of nitrogens with two attached hydrogens (primary N) is 1. The van der Waals surface area contributed by atoms with Gasteiger partial charge in [-0.25, -0.2) is 4.98 Å². The SMILES string of the molecule is CC1CC1c1ccc(C(O)c2cccnc2N)o1. The zero-order valence-corrected chi connectivity index (χ0v) is 10.2. The van der Waals surface area contributed by atoms with E-state index in [1.165, 1.54) is 0 Å². The molecule has 1 aliphatic carbocycles. The van der Waals surface area contributed by atoms with Gasteiger partial charge < -0.3 is 15.3 Å². The smallest absolute Gasteiger partial charge is 0.140 e. The number of furan rings is 1. The molecule has 0 radical (unpaired) electrons. The third-order valence-electron chi connectivity index (χ3n) is 3.56. The molecule has 0 spiro atoms. The first kappa shape index (κ1) is 11.3. The van der Waals surface area contributed by atoms with Gasteiger partial charge in [0.15, 0.2) is 0 Å². The van der Waals surface area contributed by atoms with Gasteiger partial charge >= 0.3 is 0 Å². The number of aliphatic hydroxyl groups is 1. The van der Waals surface area contributed by atoms with Crippen LogP contribution in [0.15, 0.2) is 34.9 Å². The lowest BCUT2D eigenvalue weighted by Gasteiger charge is -2.09. The molecule has 3 N–H and O–H groups in total. The van der Waals surface area contributed by atoms with Crippen LogP contribution in [0.2, 0.25) is 0 Å². The van der Waals surface area contributed by atoms with Gasteiger partial charge in [0.1, 0.15) is 23.4 Å². The number of hydrogen-bond donors (Lipinski definition) is 2. The molecule has 2 heterocycles. The highest BCUT2D eigenvalue weighted by Gasteiger charge is 2.37. The van der Waals surface area contributed by atoms with Crippen LogP contribution in [0.3, 0.4) is 0 Å². The van der Waals surface area contributed by atoms with E-state index >= 15 is 0 Å². The molecule has 1 saturated carbocycles. The number of aliphatic hydroxyl groups excluding tert-OH is 1. The molecular weight excluding hydrogens is 228 g/mol. The highest BCUT2D eigenvalue weighted by Crippen LogP contribution is 2.47. The van der Waals surface area contributed by atoms with Crippen LogP contribution < -0.4 is 5.73 Å². The average Bonchev–Trinajstić information content (AvgIpc) is 2.92. The Morgan fingerprint density at radius 1 is 1.44 bits per heavy atom. The number of hydrogen-bond acceptors (Lipinski definition) is 4. The molecule has 0 aromatic carbocycles. The maximum atomic E-state index is 10.2. The second-order valence-electron chi connectivity index (χ2n) is 4.94. The number of nitrogen functional groups attached to an aromatic ring is 1. The van der Waals surface area contributed by atoms with Crippen molar-refractivity contribution in [2.75, 3.05) is 5.73 Å². The Morgan fingerprint density at radius 2 is 2.22 bits per heavy atom. The predicted molar refractivity (Wildman–Crippen MR) is 67.9 cm³/mol. The Balaban J connectivity index is 1.86. The summed E-state index contributed by atoms with van der Waals surface area (Å²) in [5.74, 6) is 3.02. The van der Waals surface area contributed by atoms with Gasteiger partial charge in [0.2, 0.25) is 0 Å². The number of anilines is 1. The van der Waals surface area contributed by atoms with Gasteiger partial charge in [-0.05, 0) is 30.5 Å². The number of pyridine rings is 1. The van der Waals surface area contributed by atoms with Crippen LogP contribution in [0.1, 0.15) is 42.5 Å². The van der Waals surface area contributed by atoms with Gasteiger partial charge in [0.05, 0.1) is 0 Å². The first-order chi connectivity index (χ1) is 8.66. The van der Waals surface area contributed by atoms with Crippen molar-refractivity contribution in [3.05, 3.63) is 47.5 Å². The molecule has 4 nitrogen and oxygen atoms in total. The van der Waals surface area contributed by atoms with Gasteiger partial charge in [-0.1, -0.05) is 13.0 Å². The summed E-state index contributed by atoms with van der Waals surface area (Å²) in [5.41, 5.74) is 6.33. The zero-order chi connectivity index (χ0) is 12.7. The van der Waals surface area contributed by atoms with Crippen molar-refractivity contribution in [3.8, 4) is 0 Å². The minimum absolute atomic E-state index is 0.336. The van der Waals surface area contributed by atoms with E-state index in [1.807, 2.05) is 12.1 Å². The number of aromatic nitrogens is 1. The number of nitrogens with zero attached hydrogens (tertiary/aromatic N) is 1. The molecule has 4 heteroatoms. The molecule has 0 amide bonds. The summed E-state index contributed by atoms with van der Waals surface area (Å²) in [6.07, 6.45) is 1.92. The second-order valence-corrected chi connectivity index (χ2v) is 4.94.